The number of ether oxygens (including phenoxy) is 1. The minimum absolute atomic E-state index is 0.0159. The molecule has 0 aliphatic heterocycles. The van der Waals surface area contributed by atoms with E-state index in [1.165, 1.54) is 17.0 Å². The normalized spacial score (nSPS) is 13.3. The van der Waals surface area contributed by atoms with E-state index >= 15 is 0 Å². The lowest BCUT2D eigenvalue weighted by Crippen LogP contribution is -2.40. The summed E-state index contributed by atoms with van der Waals surface area (Å²) in [5.41, 5.74) is -5.49. The SMILES string of the molecule is CC(C)(C)OC(=O)N(CCc1cccc(OS(=O)(=O)C(F)(F)F)c1)C[C@@H](O)c1cccc(Cl)c1. The molecule has 2 aromatic carbocycles. The van der Waals surface area contributed by atoms with Crippen molar-refractivity contribution < 1.29 is 40.4 Å². The van der Waals surface area contributed by atoms with Crippen LogP contribution in [0.4, 0.5) is 18.0 Å². The zero-order chi connectivity index (χ0) is 25.7. The van der Waals surface area contributed by atoms with Gasteiger partial charge in [-0.1, -0.05) is 35.9 Å². The van der Waals surface area contributed by atoms with Crippen molar-refractivity contribution in [3.8, 4) is 5.75 Å². The number of benzene rings is 2. The zero-order valence-electron chi connectivity index (χ0n) is 18.7. The molecule has 0 saturated carbocycles. The Balaban J connectivity index is 2.18. The molecule has 2 aromatic rings. The monoisotopic (exact) mass is 523 g/mol. The van der Waals surface area contributed by atoms with E-state index in [0.29, 0.717) is 16.1 Å². The van der Waals surface area contributed by atoms with Crippen molar-refractivity contribution in [1.82, 2.24) is 4.90 Å². The summed E-state index contributed by atoms with van der Waals surface area (Å²) in [4.78, 5) is 14.0. The number of alkyl halides is 3. The van der Waals surface area contributed by atoms with Gasteiger partial charge in [0.2, 0.25) is 0 Å². The fraction of sp³-hybridized carbons (Fsp3) is 0.409. The van der Waals surface area contributed by atoms with Crippen molar-refractivity contribution in [2.75, 3.05) is 13.1 Å². The van der Waals surface area contributed by atoms with Crippen LogP contribution in [-0.2, 0) is 21.3 Å². The molecule has 0 fully saturated rings. The van der Waals surface area contributed by atoms with Gasteiger partial charge in [0.25, 0.3) is 0 Å². The predicted octanol–water partition coefficient (Wildman–Crippen LogP) is 5.08. The number of hydrogen-bond donors (Lipinski definition) is 1. The van der Waals surface area contributed by atoms with E-state index in [1.807, 2.05) is 0 Å². The first-order chi connectivity index (χ1) is 15.6. The third kappa shape index (κ3) is 8.37. The maximum absolute atomic E-state index is 12.7. The average Bonchev–Trinajstić information content (AvgIpc) is 2.68. The molecule has 12 heteroatoms. The lowest BCUT2D eigenvalue weighted by molar-refractivity contribution is -0.0500. The Morgan fingerprint density at radius 1 is 1.12 bits per heavy atom. The number of halogens is 4. The van der Waals surface area contributed by atoms with E-state index in [0.717, 1.165) is 12.1 Å². The standard InChI is InChI=1S/C22H25ClF3NO6S/c1-21(2,3)32-20(29)27(14-19(28)16-7-5-8-17(23)13-16)11-10-15-6-4-9-18(12-15)33-34(30,31)22(24,25)26/h4-9,12-13,19,28H,10-11,14H2,1-3H3/t19-/m1/s1. The van der Waals surface area contributed by atoms with Crippen molar-refractivity contribution in [3.63, 3.8) is 0 Å². The van der Waals surface area contributed by atoms with Gasteiger partial charge in [-0.25, -0.2) is 4.79 Å². The maximum Gasteiger partial charge on any atom is 0.534 e. The molecule has 0 spiro atoms. The molecule has 1 atom stereocenters. The van der Waals surface area contributed by atoms with Crippen molar-refractivity contribution >= 4 is 27.8 Å². The van der Waals surface area contributed by atoms with Gasteiger partial charge < -0.3 is 18.9 Å². The van der Waals surface area contributed by atoms with Gasteiger partial charge >= 0.3 is 21.7 Å². The Labute approximate surface area is 201 Å². The van der Waals surface area contributed by atoms with Gasteiger partial charge in [0.05, 0.1) is 12.6 Å². The first kappa shape index (κ1) is 27.7. The van der Waals surface area contributed by atoms with Crippen LogP contribution in [0, 0.1) is 0 Å². The number of nitrogens with zero attached hydrogens (tertiary/aromatic N) is 1. The summed E-state index contributed by atoms with van der Waals surface area (Å²) in [6, 6.07) is 11.6. The summed E-state index contributed by atoms with van der Waals surface area (Å²) in [7, 11) is -5.81. The Morgan fingerprint density at radius 2 is 1.76 bits per heavy atom. The Kier molecular flexibility index (Phi) is 8.84. The highest BCUT2D eigenvalue weighted by Gasteiger charge is 2.48. The molecule has 0 aliphatic carbocycles. The van der Waals surface area contributed by atoms with E-state index in [4.69, 9.17) is 16.3 Å². The van der Waals surface area contributed by atoms with Crippen LogP contribution in [0.3, 0.4) is 0 Å². The van der Waals surface area contributed by atoms with Gasteiger partial charge in [-0.2, -0.15) is 21.6 Å². The first-order valence-electron chi connectivity index (χ1n) is 10.1. The molecule has 2 rings (SSSR count). The quantitative estimate of drug-likeness (QED) is 0.383. The second-order valence-electron chi connectivity index (χ2n) is 8.38. The molecule has 0 aliphatic rings. The molecule has 0 unspecified atom stereocenters. The topological polar surface area (TPSA) is 93.1 Å². The van der Waals surface area contributed by atoms with Crippen molar-refractivity contribution in [1.29, 1.82) is 0 Å². The number of aliphatic hydroxyl groups excluding tert-OH is 1. The van der Waals surface area contributed by atoms with E-state index in [2.05, 4.69) is 4.18 Å². The fourth-order valence-electron chi connectivity index (χ4n) is 2.80. The average molecular weight is 524 g/mol. The highest BCUT2D eigenvalue weighted by atomic mass is 35.5. The number of rotatable bonds is 8. The third-order valence-electron chi connectivity index (χ3n) is 4.34. The number of hydrogen-bond acceptors (Lipinski definition) is 6. The van der Waals surface area contributed by atoms with Gasteiger partial charge in [-0.05, 0) is 62.6 Å². The van der Waals surface area contributed by atoms with Gasteiger partial charge in [0, 0.05) is 11.6 Å². The highest BCUT2D eigenvalue weighted by Crippen LogP contribution is 2.27. The summed E-state index contributed by atoms with van der Waals surface area (Å²) in [6.07, 6.45) is -1.68. The van der Waals surface area contributed by atoms with E-state index in [1.54, 1.807) is 45.0 Å². The minimum Gasteiger partial charge on any atom is -0.444 e. The molecule has 0 saturated heterocycles. The summed E-state index contributed by atoms with van der Waals surface area (Å²) < 4.78 is 69.8. The van der Waals surface area contributed by atoms with Crippen molar-refractivity contribution in [3.05, 3.63) is 64.7 Å². The molecule has 0 radical (unpaired) electrons. The van der Waals surface area contributed by atoms with Crippen LogP contribution in [0.15, 0.2) is 48.5 Å². The van der Waals surface area contributed by atoms with Crippen molar-refractivity contribution in [2.24, 2.45) is 0 Å². The number of aliphatic hydroxyl groups is 1. The van der Waals surface area contributed by atoms with Crippen LogP contribution in [-0.4, -0.2) is 48.7 Å². The lowest BCUT2D eigenvalue weighted by atomic mass is 10.1. The number of amides is 1. The second kappa shape index (κ2) is 10.8. The molecular weight excluding hydrogens is 499 g/mol. The first-order valence-corrected chi connectivity index (χ1v) is 11.9. The molecule has 188 valence electrons. The van der Waals surface area contributed by atoms with Gasteiger partial charge in [0.15, 0.2) is 0 Å². The minimum atomic E-state index is -5.81. The van der Waals surface area contributed by atoms with Crippen LogP contribution < -0.4 is 4.18 Å². The van der Waals surface area contributed by atoms with Crippen LogP contribution in [0.5, 0.6) is 5.75 Å². The number of carbonyl (C=O) groups excluding carboxylic acids is 1. The maximum atomic E-state index is 12.7. The Morgan fingerprint density at radius 3 is 2.35 bits per heavy atom. The van der Waals surface area contributed by atoms with E-state index in [-0.39, 0.29) is 19.5 Å². The molecule has 34 heavy (non-hydrogen) atoms. The van der Waals surface area contributed by atoms with Crippen LogP contribution in [0.1, 0.15) is 38.0 Å². The third-order valence-corrected chi connectivity index (χ3v) is 5.55. The van der Waals surface area contributed by atoms with Gasteiger partial charge in [-0.15, -0.1) is 0 Å². The second-order valence-corrected chi connectivity index (χ2v) is 10.4. The molecule has 1 N–H and O–H groups in total. The van der Waals surface area contributed by atoms with E-state index < -0.39 is 39.2 Å². The van der Waals surface area contributed by atoms with Gasteiger partial charge in [0.1, 0.15) is 11.4 Å². The molecule has 0 heterocycles. The molecule has 7 nitrogen and oxygen atoms in total. The summed E-state index contributed by atoms with van der Waals surface area (Å²) in [6.45, 7) is 4.91. The Bertz CT molecular complexity index is 1100. The van der Waals surface area contributed by atoms with Crippen LogP contribution in [0.25, 0.3) is 0 Å². The predicted molar refractivity (Wildman–Crippen MR) is 120 cm³/mol. The summed E-state index contributed by atoms with van der Waals surface area (Å²) >= 11 is 5.96. The van der Waals surface area contributed by atoms with E-state index in [9.17, 15) is 31.5 Å². The smallest absolute Gasteiger partial charge is 0.444 e. The fourth-order valence-corrected chi connectivity index (χ4v) is 3.45. The number of carbonyl (C=O) groups is 1. The molecular formula is C22H25ClF3NO6S. The van der Waals surface area contributed by atoms with Crippen molar-refractivity contribution in [2.45, 2.75) is 44.4 Å². The summed E-state index contributed by atoms with van der Waals surface area (Å²) in [5, 5.41) is 11.0. The summed E-state index contributed by atoms with van der Waals surface area (Å²) in [5.74, 6) is -0.516. The molecule has 0 aromatic heterocycles. The van der Waals surface area contributed by atoms with Crippen LogP contribution >= 0.6 is 11.6 Å². The molecule has 1 amide bonds. The Hall–Kier alpha value is -2.50. The van der Waals surface area contributed by atoms with Gasteiger partial charge in [-0.3, -0.25) is 0 Å². The lowest BCUT2D eigenvalue weighted by Gasteiger charge is -2.29. The highest BCUT2D eigenvalue weighted by molar-refractivity contribution is 7.88. The zero-order valence-corrected chi connectivity index (χ0v) is 20.2. The largest absolute Gasteiger partial charge is 0.534 e. The van der Waals surface area contributed by atoms with Crippen LogP contribution in [0.2, 0.25) is 5.02 Å². The molecule has 0 bridgehead atoms.